The summed E-state index contributed by atoms with van der Waals surface area (Å²) >= 11 is 7.38. The van der Waals surface area contributed by atoms with E-state index in [1.807, 2.05) is 48.5 Å². The van der Waals surface area contributed by atoms with Crippen LogP contribution in [0, 0.1) is 0 Å². The van der Waals surface area contributed by atoms with Crippen molar-refractivity contribution in [2.75, 3.05) is 12.9 Å². The van der Waals surface area contributed by atoms with Crippen molar-refractivity contribution in [1.82, 2.24) is 20.5 Å². The molecule has 4 rings (SSSR count). The minimum Gasteiger partial charge on any atom is -0.496 e. The van der Waals surface area contributed by atoms with Gasteiger partial charge in [0.15, 0.2) is 5.82 Å². The first kappa shape index (κ1) is 22.9. The molecule has 33 heavy (non-hydrogen) atoms. The highest BCUT2D eigenvalue weighted by Crippen LogP contribution is 2.31. The van der Waals surface area contributed by atoms with Crippen molar-refractivity contribution in [3.63, 3.8) is 0 Å². The Morgan fingerprint density at radius 3 is 2.55 bits per heavy atom. The summed E-state index contributed by atoms with van der Waals surface area (Å²) in [6, 6.07) is 25.3. The average molecular weight is 479 g/mol. The predicted octanol–water partition coefficient (Wildman–Crippen LogP) is 5.33. The zero-order chi connectivity index (χ0) is 23.0. The fourth-order valence-electron chi connectivity index (χ4n) is 3.45. The standard InChI is InChI=1S/C25H23ClN4O2S/c1-32-22-13-12-19(26)15-20(22)24-28-25(30-29-24)33-16-23(31)27-21(18-10-6-3-7-11-18)14-17-8-4-2-5-9-17/h2-13,15,21H,14,16H2,1H3,(H,27,31)(H,28,29,30). The highest BCUT2D eigenvalue weighted by molar-refractivity contribution is 7.99. The van der Waals surface area contributed by atoms with Crippen molar-refractivity contribution >= 4 is 29.3 Å². The Labute approximate surface area is 201 Å². The van der Waals surface area contributed by atoms with E-state index in [2.05, 4.69) is 32.6 Å². The van der Waals surface area contributed by atoms with E-state index in [9.17, 15) is 4.79 Å². The van der Waals surface area contributed by atoms with E-state index in [1.165, 1.54) is 11.8 Å². The second-order valence-corrected chi connectivity index (χ2v) is 8.70. The summed E-state index contributed by atoms with van der Waals surface area (Å²) in [4.78, 5) is 17.3. The molecule has 0 aliphatic rings. The van der Waals surface area contributed by atoms with Crippen LogP contribution in [0.2, 0.25) is 5.02 Å². The van der Waals surface area contributed by atoms with Crippen LogP contribution in [-0.2, 0) is 11.2 Å². The van der Waals surface area contributed by atoms with Gasteiger partial charge in [0, 0.05) is 5.02 Å². The summed E-state index contributed by atoms with van der Waals surface area (Å²) in [5.74, 6) is 1.28. The Bertz CT molecular complexity index is 1200. The van der Waals surface area contributed by atoms with E-state index in [-0.39, 0.29) is 17.7 Å². The molecule has 1 heterocycles. The number of methoxy groups -OCH3 is 1. The van der Waals surface area contributed by atoms with Gasteiger partial charge in [0.2, 0.25) is 11.1 Å². The van der Waals surface area contributed by atoms with Crippen LogP contribution in [0.4, 0.5) is 0 Å². The minimum absolute atomic E-state index is 0.0866. The van der Waals surface area contributed by atoms with Gasteiger partial charge >= 0.3 is 0 Å². The maximum atomic E-state index is 12.8. The zero-order valence-electron chi connectivity index (χ0n) is 18.0. The number of thioether (sulfide) groups is 1. The maximum Gasteiger partial charge on any atom is 0.230 e. The molecule has 0 aliphatic carbocycles. The van der Waals surface area contributed by atoms with E-state index in [0.29, 0.717) is 33.7 Å². The van der Waals surface area contributed by atoms with Crippen molar-refractivity contribution in [2.24, 2.45) is 0 Å². The molecule has 0 spiro atoms. The molecule has 2 N–H and O–H groups in total. The number of hydrogen-bond donors (Lipinski definition) is 2. The lowest BCUT2D eigenvalue weighted by Crippen LogP contribution is -2.31. The third-order valence-corrected chi connectivity index (χ3v) is 6.12. The van der Waals surface area contributed by atoms with Crippen molar-refractivity contribution in [2.45, 2.75) is 17.6 Å². The molecule has 0 fully saturated rings. The second-order valence-electron chi connectivity index (χ2n) is 7.32. The van der Waals surface area contributed by atoms with Crippen LogP contribution < -0.4 is 10.1 Å². The van der Waals surface area contributed by atoms with E-state index < -0.39 is 0 Å². The average Bonchev–Trinajstić information content (AvgIpc) is 3.32. The molecule has 0 bridgehead atoms. The van der Waals surface area contributed by atoms with Crippen LogP contribution in [0.3, 0.4) is 0 Å². The Hall–Kier alpha value is -3.29. The smallest absolute Gasteiger partial charge is 0.230 e. The molecule has 1 amide bonds. The monoisotopic (exact) mass is 478 g/mol. The Balaban J connectivity index is 1.41. The van der Waals surface area contributed by atoms with Crippen molar-refractivity contribution in [1.29, 1.82) is 0 Å². The van der Waals surface area contributed by atoms with Crippen molar-refractivity contribution in [3.05, 3.63) is 95.0 Å². The number of nitrogens with zero attached hydrogens (tertiary/aromatic N) is 2. The molecule has 1 aromatic heterocycles. The summed E-state index contributed by atoms with van der Waals surface area (Å²) < 4.78 is 5.38. The Morgan fingerprint density at radius 2 is 1.82 bits per heavy atom. The van der Waals surface area contributed by atoms with Gasteiger partial charge in [-0.25, -0.2) is 4.98 Å². The van der Waals surface area contributed by atoms with Gasteiger partial charge in [0.05, 0.1) is 24.5 Å². The summed E-state index contributed by atoms with van der Waals surface area (Å²) in [6.07, 6.45) is 0.709. The second kappa shape index (κ2) is 11.0. The number of hydrogen-bond acceptors (Lipinski definition) is 5. The molecular weight excluding hydrogens is 456 g/mol. The number of rotatable bonds is 9. The number of ether oxygens (including phenoxy) is 1. The lowest BCUT2D eigenvalue weighted by Gasteiger charge is -2.19. The number of aromatic amines is 1. The van der Waals surface area contributed by atoms with Crippen LogP contribution in [-0.4, -0.2) is 34.0 Å². The van der Waals surface area contributed by atoms with Crippen molar-refractivity contribution in [3.8, 4) is 17.1 Å². The lowest BCUT2D eigenvalue weighted by atomic mass is 9.99. The number of carbonyl (C=O) groups is 1. The molecule has 3 aromatic carbocycles. The van der Waals surface area contributed by atoms with Crippen LogP contribution in [0.25, 0.3) is 11.4 Å². The maximum absolute atomic E-state index is 12.8. The Morgan fingerprint density at radius 1 is 1.09 bits per heavy atom. The number of amides is 1. The van der Waals surface area contributed by atoms with Gasteiger partial charge in [-0.1, -0.05) is 84.0 Å². The first-order valence-electron chi connectivity index (χ1n) is 10.4. The fraction of sp³-hybridized carbons (Fsp3) is 0.160. The first-order chi connectivity index (χ1) is 16.1. The third kappa shape index (κ3) is 6.15. The van der Waals surface area contributed by atoms with Gasteiger partial charge < -0.3 is 10.1 Å². The summed E-state index contributed by atoms with van der Waals surface area (Å²) in [7, 11) is 1.59. The fourth-order valence-corrected chi connectivity index (χ4v) is 4.23. The van der Waals surface area contributed by atoms with Gasteiger partial charge in [-0.2, -0.15) is 0 Å². The SMILES string of the molecule is COc1ccc(Cl)cc1-c1nc(SCC(=O)NC(Cc2ccccc2)c2ccccc2)n[nH]1. The van der Waals surface area contributed by atoms with Gasteiger partial charge in [0.25, 0.3) is 0 Å². The molecule has 168 valence electrons. The van der Waals surface area contributed by atoms with E-state index in [4.69, 9.17) is 16.3 Å². The number of carbonyl (C=O) groups excluding carboxylic acids is 1. The van der Waals surface area contributed by atoms with Crippen LogP contribution >= 0.6 is 23.4 Å². The van der Waals surface area contributed by atoms with Gasteiger partial charge in [-0.05, 0) is 35.7 Å². The number of H-pyrrole nitrogens is 1. The molecule has 8 heteroatoms. The molecular formula is C25H23ClN4O2S. The molecule has 0 aliphatic heterocycles. The first-order valence-corrected chi connectivity index (χ1v) is 11.8. The normalized spacial score (nSPS) is 11.7. The Kier molecular flexibility index (Phi) is 7.65. The molecule has 0 saturated carbocycles. The molecule has 1 unspecified atom stereocenters. The van der Waals surface area contributed by atoms with Gasteiger partial charge in [-0.15, -0.1) is 5.10 Å². The molecule has 1 atom stereocenters. The number of aromatic nitrogens is 3. The van der Waals surface area contributed by atoms with Crippen LogP contribution in [0.15, 0.2) is 84.0 Å². The number of nitrogens with one attached hydrogen (secondary N) is 2. The molecule has 0 radical (unpaired) electrons. The lowest BCUT2D eigenvalue weighted by molar-refractivity contribution is -0.119. The number of halogens is 1. The van der Waals surface area contributed by atoms with Gasteiger partial charge in [-0.3, -0.25) is 9.89 Å². The summed E-state index contributed by atoms with van der Waals surface area (Å²) in [6.45, 7) is 0. The number of benzene rings is 3. The quantitative estimate of drug-likeness (QED) is 0.318. The van der Waals surface area contributed by atoms with Gasteiger partial charge in [0.1, 0.15) is 5.75 Å². The van der Waals surface area contributed by atoms with E-state index >= 15 is 0 Å². The third-order valence-electron chi connectivity index (χ3n) is 5.03. The van der Waals surface area contributed by atoms with Crippen molar-refractivity contribution < 1.29 is 9.53 Å². The highest BCUT2D eigenvalue weighted by atomic mass is 35.5. The highest BCUT2D eigenvalue weighted by Gasteiger charge is 2.17. The summed E-state index contributed by atoms with van der Waals surface area (Å²) in [5, 5.41) is 11.3. The molecule has 4 aromatic rings. The zero-order valence-corrected chi connectivity index (χ0v) is 19.6. The van der Waals surface area contributed by atoms with Crippen LogP contribution in [0.5, 0.6) is 5.75 Å². The molecule has 0 saturated heterocycles. The summed E-state index contributed by atoms with van der Waals surface area (Å²) in [5.41, 5.74) is 2.93. The predicted molar refractivity (Wildman–Crippen MR) is 132 cm³/mol. The molecule has 6 nitrogen and oxygen atoms in total. The largest absolute Gasteiger partial charge is 0.496 e. The van der Waals surface area contributed by atoms with E-state index in [1.54, 1.807) is 25.3 Å². The topological polar surface area (TPSA) is 79.9 Å². The van der Waals surface area contributed by atoms with E-state index in [0.717, 1.165) is 11.1 Å². The van der Waals surface area contributed by atoms with Crippen LogP contribution in [0.1, 0.15) is 17.2 Å². The minimum atomic E-state index is -0.125.